The molecule has 1 amide bonds. The number of rotatable bonds is 2. The van der Waals surface area contributed by atoms with E-state index in [0.717, 1.165) is 0 Å². The lowest BCUT2D eigenvalue weighted by atomic mass is 10.2. The Kier molecular flexibility index (Phi) is 3.39. The first kappa shape index (κ1) is 12.3. The van der Waals surface area contributed by atoms with Crippen molar-refractivity contribution in [2.75, 3.05) is 4.90 Å². The van der Waals surface area contributed by atoms with Crippen molar-refractivity contribution in [2.45, 2.75) is 0 Å². The summed E-state index contributed by atoms with van der Waals surface area (Å²) >= 11 is 5.55. The average Bonchev–Trinajstić information content (AvgIpc) is 2.34. The molecule has 2 aromatic carbocycles. The van der Waals surface area contributed by atoms with Gasteiger partial charge in [0.2, 0.25) is 0 Å². The molecule has 0 aliphatic rings. The summed E-state index contributed by atoms with van der Waals surface area (Å²) in [5.74, 6) is 0.206. The molecule has 0 fully saturated rings. The maximum atomic E-state index is 11.5. The van der Waals surface area contributed by atoms with Crippen LogP contribution in [0.25, 0.3) is 0 Å². The number of phenolic OH excluding ortho intramolecular Hbond substituents is 2. The van der Waals surface area contributed by atoms with Crippen LogP contribution in [-0.4, -0.2) is 15.6 Å². The van der Waals surface area contributed by atoms with Crippen LogP contribution < -0.4 is 4.90 Å². The Bertz CT molecular complexity index is 506. The minimum Gasteiger partial charge on any atom is -0.508 e. The lowest BCUT2D eigenvalue weighted by Gasteiger charge is -2.19. The van der Waals surface area contributed by atoms with Gasteiger partial charge in [0.1, 0.15) is 11.5 Å². The SMILES string of the molecule is O=C(Cl)N(c1ccc(O)cc1)c1ccc(O)cc1. The summed E-state index contributed by atoms with van der Waals surface area (Å²) < 4.78 is 0. The molecule has 0 atom stereocenters. The minimum absolute atomic E-state index is 0.103. The number of carbonyl (C=O) groups is 1. The van der Waals surface area contributed by atoms with Crippen molar-refractivity contribution in [1.82, 2.24) is 0 Å². The number of halogens is 1. The summed E-state index contributed by atoms with van der Waals surface area (Å²) in [6.07, 6.45) is 0. The van der Waals surface area contributed by atoms with E-state index in [2.05, 4.69) is 0 Å². The molecule has 0 saturated heterocycles. The predicted molar refractivity (Wildman–Crippen MR) is 69.6 cm³/mol. The highest BCUT2D eigenvalue weighted by atomic mass is 35.5. The maximum absolute atomic E-state index is 11.5. The Balaban J connectivity index is 2.43. The summed E-state index contributed by atoms with van der Waals surface area (Å²) in [6.45, 7) is 0. The number of carbonyl (C=O) groups excluding carboxylic acids is 1. The second-order valence-electron chi connectivity index (χ2n) is 3.62. The van der Waals surface area contributed by atoms with Crippen LogP contribution in [0.15, 0.2) is 48.5 Å². The topological polar surface area (TPSA) is 60.8 Å². The van der Waals surface area contributed by atoms with Gasteiger partial charge in [-0.05, 0) is 60.1 Å². The second-order valence-corrected chi connectivity index (χ2v) is 3.94. The van der Waals surface area contributed by atoms with Crippen molar-refractivity contribution in [3.63, 3.8) is 0 Å². The van der Waals surface area contributed by atoms with Crippen LogP contribution in [-0.2, 0) is 0 Å². The number of phenols is 2. The zero-order chi connectivity index (χ0) is 13.1. The zero-order valence-electron chi connectivity index (χ0n) is 9.25. The first-order valence-corrected chi connectivity index (χ1v) is 5.53. The van der Waals surface area contributed by atoms with E-state index in [1.165, 1.54) is 29.2 Å². The predicted octanol–water partition coefficient (Wildman–Crippen LogP) is 3.59. The summed E-state index contributed by atoms with van der Waals surface area (Å²) in [4.78, 5) is 12.7. The third kappa shape index (κ3) is 2.55. The molecule has 0 spiro atoms. The first-order chi connectivity index (χ1) is 8.58. The fraction of sp³-hybridized carbons (Fsp3) is 0. The van der Waals surface area contributed by atoms with Crippen LogP contribution in [0.4, 0.5) is 16.2 Å². The number of anilines is 2. The van der Waals surface area contributed by atoms with E-state index >= 15 is 0 Å². The number of amides is 1. The molecule has 0 radical (unpaired) electrons. The minimum atomic E-state index is -0.675. The maximum Gasteiger partial charge on any atom is 0.325 e. The molecule has 4 nitrogen and oxygen atoms in total. The molecule has 5 heteroatoms. The standard InChI is InChI=1S/C13H10ClNO3/c14-13(18)15(9-1-5-11(16)6-2-9)10-3-7-12(17)8-4-10/h1-8,16-17H. The van der Waals surface area contributed by atoms with Gasteiger partial charge in [-0.2, -0.15) is 0 Å². The molecular formula is C13H10ClNO3. The molecule has 2 rings (SSSR count). The number of hydrogen-bond acceptors (Lipinski definition) is 3. The number of aromatic hydroxyl groups is 2. The van der Waals surface area contributed by atoms with E-state index in [9.17, 15) is 15.0 Å². The van der Waals surface area contributed by atoms with Gasteiger partial charge >= 0.3 is 5.37 Å². The Morgan fingerprint density at radius 2 is 1.17 bits per heavy atom. The van der Waals surface area contributed by atoms with Crippen LogP contribution in [0.5, 0.6) is 11.5 Å². The molecule has 92 valence electrons. The number of hydrogen-bond donors (Lipinski definition) is 2. The molecule has 0 bridgehead atoms. The van der Waals surface area contributed by atoms with Crippen LogP contribution in [0, 0.1) is 0 Å². The van der Waals surface area contributed by atoms with Crippen LogP contribution in [0.2, 0.25) is 0 Å². The summed E-state index contributed by atoms with van der Waals surface area (Å²) in [7, 11) is 0. The molecular weight excluding hydrogens is 254 g/mol. The van der Waals surface area contributed by atoms with Gasteiger partial charge in [-0.25, -0.2) is 0 Å². The monoisotopic (exact) mass is 263 g/mol. The molecule has 0 aliphatic carbocycles. The normalized spacial score (nSPS) is 10.1. The Morgan fingerprint density at radius 3 is 1.44 bits per heavy atom. The third-order valence-electron chi connectivity index (χ3n) is 2.39. The molecule has 2 N–H and O–H groups in total. The molecule has 2 aromatic rings. The van der Waals surface area contributed by atoms with Gasteiger partial charge in [-0.3, -0.25) is 9.69 Å². The van der Waals surface area contributed by atoms with Crippen LogP contribution >= 0.6 is 11.6 Å². The molecule has 0 heterocycles. The van der Waals surface area contributed by atoms with E-state index in [0.29, 0.717) is 11.4 Å². The molecule has 0 saturated carbocycles. The molecule has 18 heavy (non-hydrogen) atoms. The number of nitrogens with zero attached hydrogens (tertiary/aromatic N) is 1. The summed E-state index contributed by atoms with van der Waals surface area (Å²) in [5, 5.41) is 17.8. The molecule has 0 aliphatic heterocycles. The molecule has 0 aromatic heterocycles. The van der Waals surface area contributed by atoms with Crippen molar-refractivity contribution >= 4 is 28.3 Å². The smallest absolute Gasteiger partial charge is 0.325 e. The van der Waals surface area contributed by atoms with Crippen molar-refractivity contribution in [3.8, 4) is 11.5 Å². The van der Waals surface area contributed by atoms with E-state index in [1.54, 1.807) is 24.3 Å². The van der Waals surface area contributed by atoms with Crippen molar-refractivity contribution in [1.29, 1.82) is 0 Å². The van der Waals surface area contributed by atoms with Gasteiger partial charge in [-0.15, -0.1) is 0 Å². The van der Waals surface area contributed by atoms with Gasteiger partial charge in [0, 0.05) is 0 Å². The summed E-state index contributed by atoms with van der Waals surface area (Å²) in [5.41, 5.74) is 1.05. The fourth-order valence-corrected chi connectivity index (χ4v) is 1.75. The first-order valence-electron chi connectivity index (χ1n) is 5.15. The lowest BCUT2D eigenvalue weighted by molar-refractivity contribution is 0.266. The molecule has 0 unspecified atom stereocenters. The van der Waals surface area contributed by atoms with Gasteiger partial charge in [0.15, 0.2) is 0 Å². The van der Waals surface area contributed by atoms with Crippen molar-refractivity contribution in [3.05, 3.63) is 48.5 Å². The average molecular weight is 264 g/mol. The van der Waals surface area contributed by atoms with E-state index < -0.39 is 5.37 Å². The summed E-state index contributed by atoms with van der Waals surface area (Å²) in [6, 6.07) is 12.1. The number of benzene rings is 2. The van der Waals surface area contributed by atoms with Crippen molar-refractivity contribution in [2.24, 2.45) is 0 Å². The lowest BCUT2D eigenvalue weighted by Crippen LogP contribution is -2.19. The highest BCUT2D eigenvalue weighted by Crippen LogP contribution is 2.29. The highest BCUT2D eigenvalue weighted by Gasteiger charge is 2.15. The highest BCUT2D eigenvalue weighted by molar-refractivity contribution is 6.66. The fourth-order valence-electron chi connectivity index (χ4n) is 1.56. The van der Waals surface area contributed by atoms with E-state index in [4.69, 9.17) is 11.6 Å². The zero-order valence-corrected chi connectivity index (χ0v) is 10.0. The van der Waals surface area contributed by atoms with Gasteiger partial charge < -0.3 is 10.2 Å². The van der Waals surface area contributed by atoms with Crippen LogP contribution in [0.3, 0.4) is 0 Å². The van der Waals surface area contributed by atoms with Gasteiger partial charge in [0.25, 0.3) is 0 Å². The van der Waals surface area contributed by atoms with E-state index in [1.807, 2.05) is 0 Å². The Hall–Kier alpha value is -2.20. The van der Waals surface area contributed by atoms with Gasteiger partial charge in [-0.1, -0.05) is 0 Å². The Morgan fingerprint density at radius 1 is 0.833 bits per heavy atom. The van der Waals surface area contributed by atoms with Crippen LogP contribution in [0.1, 0.15) is 0 Å². The van der Waals surface area contributed by atoms with E-state index in [-0.39, 0.29) is 11.5 Å². The quantitative estimate of drug-likeness (QED) is 0.643. The largest absolute Gasteiger partial charge is 0.508 e. The third-order valence-corrected chi connectivity index (χ3v) is 2.56. The Labute approximate surface area is 109 Å². The van der Waals surface area contributed by atoms with Crippen molar-refractivity contribution < 1.29 is 15.0 Å². The van der Waals surface area contributed by atoms with Gasteiger partial charge in [0.05, 0.1) is 11.4 Å². The second kappa shape index (κ2) is 4.98.